The first kappa shape index (κ1) is 18.2. The number of amides is 3. The highest BCUT2D eigenvalue weighted by Gasteiger charge is 2.23. The summed E-state index contributed by atoms with van der Waals surface area (Å²) in [6, 6.07) is 10.5. The Balaban J connectivity index is 1.64. The summed E-state index contributed by atoms with van der Waals surface area (Å²) in [6.45, 7) is 0. The fourth-order valence-electron chi connectivity index (χ4n) is 2.39. The predicted octanol–water partition coefficient (Wildman–Crippen LogP) is 3.14. The normalized spacial score (nSPS) is 12.8. The van der Waals surface area contributed by atoms with Gasteiger partial charge in [0.25, 0.3) is 5.91 Å². The van der Waals surface area contributed by atoms with Crippen LogP contribution in [0, 0.1) is 10.1 Å². The first-order valence-electron chi connectivity index (χ1n) is 8.27. The molecule has 9 nitrogen and oxygen atoms in total. The van der Waals surface area contributed by atoms with E-state index in [0.717, 1.165) is 18.9 Å². The maximum Gasteiger partial charge on any atom is 0.319 e. The van der Waals surface area contributed by atoms with E-state index in [1.165, 1.54) is 19.2 Å². The molecule has 3 rings (SSSR count). The van der Waals surface area contributed by atoms with Gasteiger partial charge in [-0.25, -0.2) is 4.79 Å². The van der Waals surface area contributed by atoms with Crippen LogP contribution in [0.5, 0.6) is 5.75 Å². The molecule has 1 saturated carbocycles. The maximum atomic E-state index is 12.3. The summed E-state index contributed by atoms with van der Waals surface area (Å²) in [5.41, 5.74) is 0.928. The fourth-order valence-corrected chi connectivity index (χ4v) is 2.39. The van der Waals surface area contributed by atoms with Crippen molar-refractivity contribution in [1.29, 1.82) is 0 Å². The number of nitro groups is 1. The number of rotatable bonds is 6. The molecule has 0 unspecified atom stereocenters. The quantitative estimate of drug-likeness (QED) is 0.532. The van der Waals surface area contributed by atoms with Gasteiger partial charge in [-0.15, -0.1) is 0 Å². The van der Waals surface area contributed by atoms with Gasteiger partial charge in [0.05, 0.1) is 12.0 Å². The Bertz CT molecular complexity index is 878. The third-order valence-corrected chi connectivity index (χ3v) is 3.95. The topological polar surface area (TPSA) is 123 Å². The van der Waals surface area contributed by atoms with Gasteiger partial charge in [-0.2, -0.15) is 0 Å². The van der Waals surface area contributed by atoms with E-state index in [1.54, 1.807) is 24.3 Å². The summed E-state index contributed by atoms with van der Waals surface area (Å²) in [4.78, 5) is 34.5. The number of carbonyl (C=O) groups excluding carboxylic acids is 2. The molecule has 9 heteroatoms. The predicted molar refractivity (Wildman–Crippen MR) is 99.2 cm³/mol. The third-order valence-electron chi connectivity index (χ3n) is 3.95. The lowest BCUT2D eigenvalue weighted by molar-refractivity contribution is -0.385. The Kier molecular flexibility index (Phi) is 5.20. The van der Waals surface area contributed by atoms with Crippen molar-refractivity contribution in [1.82, 2.24) is 5.32 Å². The zero-order valence-corrected chi connectivity index (χ0v) is 14.5. The van der Waals surface area contributed by atoms with E-state index < -0.39 is 10.8 Å². The van der Waals surface area contributed by atoms with Crippen LogP contribution < -0.4 is 20.7 Å². The van der Waals surface area contributed by atoms with Gasteiger partial charge in [0.15, 0.2) is 5.75 Å². The Morgan fingerprint density at radius 3 is 2.26 bits per heavy atom. The first-order chi connectivity index (χ1) is 13.0. The lowest BCUT2D eigenvalue weighted by atomic mass is 10.1. The van der Waals surface area contributed by atoms with Gasteiger partial charge in [-0.3, -0.25) is 14.9 Å². The molecule has 1 aliphatic rings. The summed E-state index contributed by atoms with van der Waals surface area (Å²) in [5.74, 6) is -0.413. The van der Waals surface area contributed by atoms with Gasteiger partial charge < -0.3 is 20.7 Å². The highest BCUT2D eigenvalue weighted by Crippen LogP contribution is 2.28. The summed E-state index contributed by atoms with van der Waals surface area (Å²) in [5, 5.41) is 19.2. The maximum absolute atomic E-state index is 12.3. The Morgan fingerprint density at radius 1 is 1.07 bits per heavy atom. The average molecular weight is 370 g/mol. The summed E-state index contributed by atoms with van der Waals surface area (Å²) in [6.07, 6.45) is 2.00. The van der Waals surface area contributed by atoms with Gasteiger partial charge in [0.2, 0.25) is 0 Å². The van der Waals surface area contributed by atoms with E-state index in [-0.39, 0.29) is 29.1 Å². The number of hydrogen-bond donors (Lipinski definition) is 3. The molecular weight excluding hydrogens is 352 g/mol. The van der Waals surface area contributed by atoms with Crippen LogP contribution in [0.25, 0.3) is 0 Å². The fraction of sp³-hybridized carbons (Fsp3) is 0.222. The molecule has 3 amide bonds. The number of nitro benzene ring substituents is 1. The molecule has 1 aliphatic carbocycles. The second-order valence-electron chi connectivity index (χ2n) is 6.05. The van der Waals surface area contributed by atoms with Crippen molar-refractivity contribution in [2.75, 3.05) is 17.7 Å². The number of hydrogen-bond acceptors (Lipinski definition) is 5. The Hall–Kier alpha value is -3.62. The molecule has 2 aromatic rings. The van der Waals surface area contributed by atoms with Crippen molar-refractivity contribution in [2.45, 2.75) is 18.9 Å². The third kappa shape index (κ3) is 4.72. The van der Waals surface area contributed by atoms with E-state index in [4.69, 9.17) is 4.74 Å². The van der Waals surface area contributed by atoms with Crippen LogP contribution in [-0.2, 0) is 0 Å². The van der Waals surface area contributed by atoms with Crippen LogP contribution in [0.15, 0.2) is 42.5 Å². The van der Waals surface area contributed by atoms with Crippen LogP contribution in [-0.4, -0.2) is 30.0 Å². The first-order valence-corrected chi connectivity index (χ1v) is 8.27. The molecular formula is C18H18N4O5. The molecule has 0 aromatic heterocycles. The SMILES string of the molecule is COc1ccc(C(=O)Nc2ccc(NC(=O)NC3CC3)cc2)cc1[N+](=O)[O-]. The van der Waals surface area contributed by atoms with Gasteiger partial charge >= 0.3 is 11.7 Å². The number of nitrogens with zero attached hydrogens (tertiary/aromatic N) is 1. The smallest absolute Gasteiger partial charge is 0.319 e. The summed E-state index contributed by atoms with van der Waals surface area (Å²) in [7, 11) is 1.32. The second-order valence-corrected chi connectivity index (χ2v) is 6.05. The van der Waals surface area contributed by atoms with Crippen molar-refractivity contribution in [3.05, 3.63) is 58.1 Å². The Labute approximate surface area is 154 Å². The van der Waals surface area contributed by atoms with E-state index in [0.29, 0.717) is 11.4 Å². The number of methoxy groups -OCH3 is 1. The highest BCUT2D eigenvalue weighted by atomic mass is 16.6. The lowest BCUT2D eigenvalue weighted by Gasteiger charge is -2.09. The molecule has 0 saturated heterocycles. The standard InChI is InChI=1S/C18H18N4O5/c1-27-16-9-2-11(10-15(16)22(25)26)17(23)19-12-3-5-13(6-4-12)20-18(24)21-14-7-8-14/h2-6,9-10,14H,7-8H2,1H3,(H,19,23)(H2,20,21,24). The van der Waals surface area contributed by atoms with Crippen molar-refractivity contribution in [3.8, 4) is 5.75 Å². The number of urea groups is 1. The van der Waals surface area contributed by atoms with Gasteiger partial charge in [-0.05, 0) is 49.2 Å². The average Bonchev–Trinajstić information content (AvgIpc) is 3.46. The molecule has 0 atom stereocenters. The number of carbonyl (C=O) groups is 2. The number of anilines is 2. The zero-order valence-electron chi connectivity index (χ0n) is 14.5. The van der Waals surface area contributed by atoms with Gasteiger partial charge in [0.1, 0.15) is 0 Å². The molecule has 0 aliphatic heterocycles. The summed E-state index contributed by atoms with van der Waals surface area (Å²) < 4.78 is 4.92. The van der Waals surface area contributed by atoms with Crippen molar-refractivity contribution in [2.24, 2.45) is 0 Å². The molecule has 0 radical (unpaired) electrons. The highest BCUT2D eigenvalue weighted by molar-refractivity contribution is 6.05. The number of ether oxygens (including phenoxy) is 1. The van der Waals surface area contributed by atoms with E-state index >= 15 is 0 Å². The molecule has 0 bridgehead atoms. The second kappa shape index (κ2) is 7.73. The van der Waals surface area contributed by atoms with E-state index in [2.05, 4.69) is 16.0 Å². The lowest BCUT2D eigenvalue weighted by Crippen LogP contribution is -2.30. The zero-order chi connectivity index (χ0) is 19.4. The minimum atomic E-state index is -0.608. The number of benzene rings is 2. The molecule has 0 heterocycles. The van der Waals surface area contributed by atoms with Crippen molar-refractivity contribution in [3.63, 3.8) is 0 Å². The minimum Gasteiger partial charge on any atom is -0.490 e. The molecule has 140 valence electrons. The largest absolute Gasteiger partial charge is 0.490 e. The van der Waals surface area contributed by atoms with Gasteiger partial charge in [0, 0.05) is 29.0 Å². The van der Waals surface area contributed by atoms with Crippen LogP contribution >= 0.6 is 0 Å². The van der Waals surface area contributed by atoms with Crippen molar-refractivity contribution < 1.29 is 19.2 Å². The molecule has 2 aromatic carbocycles. The molecule has 1 fully saturated rings. The van der Waals surface area contributed by atoms with Crippen LogP contribution in [0.2, 0.25) is 0 Å². The van der Waals surface area contributed by atoms with Crippen molar-refractivity contribution >= 4 is 29.0 Å². The molecule has 0 spiro atoms. The van der Waals surface area contributed by atoms with E-state index in [1.807, 2.05) is 0 Å². The molecule has 27 heavy (non-hydrogen) atoms. The summed E-state index contributed by atoms with van der Waals surface area (Å²) >= 11 is 0. The Morgan fingerprint density at radius 2 is 1.70 bits per heavy atom. The van der Waals surface area contributed by atoms with Crippen LogP contribution in [0.4, 0.5) is 21.9 Å². The number of nitrogens with one attached hydrogen (secondary N) is 3. The van der Waals surface area contributed by atoms with Crippen LogP contribution in [0.1, 0.15) is 23.2 Å². The van der Waals surface area contributed by atoms with E-state index in [9.17, 15) is 19.7 Å². The monoisotopic (exact) mass is 370 g/mol. The molecule has 3 N–H and O–H groups in total. The van der Waals surface area contributed by atoms with Crippen LogP contribution in [0.3, 0.4) is 0 Å². The minimum absolute atomic E-state index is 0.0800. The van der Waals surface area contributed by atoms with Gasteiger partial charge in [-0.1, -0.05) is 0 Å².